The van der Waals surface area contributed by atoms with Gasteiger partial charge in [0.2, 0.25) is 0 Å². The fourth-order valence-corrected chi connectivity index (χ4v) is 4.43. The first-order valence-electron chi connectivity index (χ1n) is 10.5. The second kappa shape index (κ2) is 7.37. The minimum Gasteiger partial charge on any atom is -0.378 e. The number of ether oxygens (including phenoxy) is 1. The summed E-state index contributed by atoms with van der Waals surface area (Å²) in [6, 6.07) is 3.12. The average Bonchev–Trinajstić information content (AvgIpc) is 3.40. The standard InChI is InChI=1S/C23H21F4N3O2/c1-11-12(2)28-21-20(15-4-3-14(24)8-17(15)25)29-18(10-30(21)22(11)31)13-5-6-32-19(7-13)16-9-23(16,26)27/h3-4,8,10,13,16,19H,5-7,9H2,1-2H3/t13-,16+,19+/m0/s1. The zero-order valence-electron chi connectivity index (χ0n) is 17.5. The molecule has 3 heterocycles. The van der Waals surface area contributed by atoms with Crippen LogP contribution in [-0.2, 0) is 4.74 Å². The van der Waals surface area contributed by atoms with E-state index in [0.717, 1.165) is 12.1 Å². The quantitative estimate of drug-likeness (QED) is 0.552. The summed E-state index contributed by atoms with van der Waals surface area (Å²) in [4.78, 5) is 22.1. The molecule has 0 bridgehead atoms. The van der Waals surface area contributed by atoms with E-state index in [1.165, 1.54) is 10.5 Å². The maximum absolute atomic E-state index is 14.7. The molecule has 1 aliphatic carbocycles. The lowest BCUT2D eigenvalue weighted by molar-refractivity contribution is -0.0352. The zero-order valence-corrected chi connectivity index (χ0v) is 17.5. The molecule has 0 unspecified atom stereocenters. The van der Waals surface area contributed by atoms with Gasteiger partial charge in [0.05, 0.1) is 17.7 Å². The van der Waals surface area contributed by atoms with Crippen LogP contribution in [-0.4, -0.2) is 33.0 Å². The Labute approximate surface area is 181 Å². The number of aromatic nitrogens is 3. The summed E-state index contributed by atoms with van der Waals surface area (Å²) in [6.07, 6.45) is 1.63. The molecule has 2 aromatic heterocycles. The van der Waals surface area contributed by atoms with Crippen LogP contribution in [0.2, 0.25) is 0 Å². The van der Waals surface area contributed by atoms with Crippen molar-refractivity contribution in [2.45, 2.75) is 51.1 Å². The lowest BCUT2D eigenvalue weighted by atomic mass is 9.90. The lowest BCUT2D eigenvalue weighted by Gasteiger charge is -2.29. The molecule has 1 aliphatic heterocycles. The van der Waals surface area contributed by atoms with Gasteiger partial charge in [-0.3, -0.25) is 9.20 Å². The number of nitrogens with zero attached hydrogens (tertiary/aromatic N) is 3. The third kappa shape index (κ3) is 3.48. The van der Waals surface area contributed by atoms with Gasteiger partial charge >= 0.3 is 0 Å². The van der Waals surface area contributed by atoms with Gasteiger partial charge in [-0.15, -0.1) is 0 Å². The number of hydrogen-bond donors (Lipinski definition) is 0. The van der Waals surface area contributed by atoms with Crippen molar-refractivity contribution in [1.29, 1.82) is 0 Å². The molecule has 2 fully saturated rings. The molecule has 9 heteroatoms. The van der Waals surface area contributed by atoms with E-state index in [1.807, 2.05) is 0 Å². The molecule has 5 rings (SSSR count). The predicted octanol–water partition coefficient (Wildman–Crippen LogP) is 4.57. The highest BCUT2D eigenvalue weighted by atomic mass is 19.3. The molecule has 32 heavy (non-hydrogen) atoms. The molecule has 0 amide bonds. The van der Waals surface area contributed by atoms with E-state index in [-0.39, 0.29) is 34.8 Å². The van der Waals surface area contributed by atoms with Crippen LogP contribution in [0.15, 0.2) is 29.2 Å². The Morgan fingerprint density at radius 3 is 2.62 bits per heavy atom. The van der Waals surface area contributed by atoms with Crippen molar-refractivity contribution in [3.63, 3.8) is 0 Å². The monoisotopic (exact) mass is 447 g/mol. The normalized spacial score (nSPS) is 24.6. The number of alkyl halides is 2. The Kier molecular flexibility index (Phi) is 4.85. The van der Waals surface area contributed by atoms with Crippen LogP contribution in [0.4, 0.5) is 17.6 Å². The Bertz CT molecular complexity index is 1290. The molecule has 0 radical (unpaired) electrons. The smallest absolute Gasteiger partial charge is 0.261 e. The first-order chi connectivity index (χ1) is 15.2. The minimum atomic E-state index is -2.71. The molecular weight excluding hydrogens is 426 g/mol. The van der Waals surface area contributed by atoms with Crippen molar-refractivity contribution in [3.8, 4) is 11.3 Å². The van der Waals surface area contributed by atoms with Crippen LogP contribution in [0.25, 0.3) is 16.9 Å². The number of benzene rings is 1. The average molecular weight is 447 g/mol. The predicted molar refractivity (Wildman–Crippen MR) is 109 cm³/mol. The van der Waals surface area contributed by atoms with Crippen LogP contribution in [0.3, 0.4) is 0 Å². The maximum atomic E-state index is 14.7. The number of aryl methyl sites for hydroxylation is 1. The molecule has 5 nitrogen and oxygen atoms in total. The summed E-state index contributed by atoms with van der Waals surface area (Å²) in [5.74, 6) is -5.33. The van der Waals surface area contributed by atoms with Crippen LogP contribution >= 0.6 is 0 Å². The fraction of sp³-hybridized carbons (Fsp3) is 0.435. The summed E-state index contributed by atoms with van der Waals surface area (Å²) < 4.78 is 62.3. The largest absolute Gasteiger partial charge is 0.378 e. The van der Waals surface area contributed by atoms with Gasteiger partial charge in [-0.1, -0.05) is 0 Å². The van der Waals surface area contributed by atoms with Crippen molar-refractivity contribution in [2.75, 3.05) is 6.61 Å². The third-order valence-corrected chi connectivity index (χ3v) is 6.54. The number of rotatable bonds is 3. The maximum Gasteiger partial charge on any atom is 0.261 e. The van der Waals surface area contributed by atoms with Gasteiger partial charge in [0.15, 0.2) is 5.65 Å². The van der Waals surface area contributed by atoms with E-state index in [9.17, 15) is 22.4 Å². The molecule has 3 atom stereocenters. The zero-order chi connectivity index (χ0) is 22.8. The summed E-state index contributed by atoms with van der Waals surface area (Å²) in [6.45, 7) is 3.62. The van der Waals surface area contributed by atoms with Gasteiger partial charge in [-0.2, -0.15) is 0 Å². The van der Waals surface area contributed by atoms with E-state index in [0.29, 0.717) is 36.4 Å². The SMILES string of the molecule is Cc1nc2c(-c3ccc(F)cc3F)nc([C@H]3CCO[C@@H]([C@H]4CC4(F)F)C3)cn2c(=O)c1C. The van der Waals surface area contributed by atoms with Crippen molar-refractivity contribution < 1.29 is 22.3 Å². The van der Waals surface area contributed by atoms with Crippen molar-refractivity contribution >= 4 is 5.65 Å². The van der Waals surface area contributed by atoms with Crippen LogP contribution < -0.4 is 5.56 Å². The summed E-state index contributed by atoms with van der Waals surface area (Å²) in [7, 11) is 0. The second-order valence-corrected chi connectivity index (χ2v) is 8.66. The molecular formula is C23H21F4N3O2. The second-order valence-electron chi connectivity index (χ2n) is 8.66. The van der Waals surface area contributed by atoms with Gasteiger partial charge in [-0.05, 0) is 38.8 Å². The number of fused-ring (bicyclic) bond motifs is 1. The molecule has 1 aromatic carbocycles. The van der Waals surface area contributed by atoms with E-state index < -0.39 is 29.6 Å². The number of halogens is 4. The highest BCUT2D eigenvalue weighted by Gasteiger charge is 2.61. The highest BCUT2D eigenvalue weighted by molar-refractivity contribution is 5.74. The van der Waals surface area contributed by atoms with Gasteiger partial charge < -0.3 is 4.74 Å². The van der Waals surface area contributed by atoms with E-state index >= 15 is 0 Å². The molecule has 0 N–H and O–H groups in total. The lowest BCUT2D eigenvalue weighted by Crippen LogP contribution is -2.29. The van der Waals surface area contributed by atoms with Gasteiger partial charge in [0.1, 0.15) is 17.3 Å². The molecule has 168 valence electrons. The van der Waals surface area contributed by atoms with Crippen molar-refractivity contribution in [1.82, 2.24) is 14.4 Å². The Morgan fingerprint density at radius 2 is 1.94 bits per heavy atom. The van der Waals surface area contributed by atoms with E-state index in [1.54, 1.807) is 20.0 Å². The van der Waals surface area contributed by atoms with Crippen LogP contribution in [0, 0.1) is 31.4 Å². The number of hydrogen-bond acceptors (Lipinski definition) is 4. The topological polar surface area (TPSA) is 56.5 Å². The van der Waals surface area contributed by atoms with Crippen molar-refractivity contribution in [3.05, 3.63) is 63.3 Å². The molecule has 3 aromatic rings. The van der Waals surface area contributed by atoms with E-state index in [4.69, 9.17) is 4.74 Å². The first kappa shape index (κ1) is 21.1. The first-order valence-corrected chi connectivity index (χ1v) is 10.5. The Balaban J connectivity index is 1.66. The summed E-state index contributed by atoms with van der Waals surface area (Å²) >= 11 is 0. The fourth-order valence-electron chi connectivity index (χ4n) is 4.43. The molecule has 1 saturated heterocycles. The van der Waals surface area contributed by atoms with Gasteiger partial charge in [-0.25, -0.2) is 27.5 Å². The molecule has 1 saturated carbocycles. The minimum absolute atomic E-state index is 0.0123. The van der Waals surface area contributed by atoms with E-state index in [2.05, 4.69) is 9.97 Å². The van der Waals surface area contributed by atoms with Gasteiger partial charge in [0.25, 0.3) is 11.5 Å². The molecule has 2 aliphatic rings. The Hall–Kier alpha value is -2.81. The molecule has 0 spiro atoms. The Morgan fingerprint density at radius 1 is 1.19 bits per heavy atom. The van der Waals surface area contributed by atoms with Gasteiger partial charge in [0, 0.05) is 48.0 Å². The third-order valence-electron chi connectivity index (χ3n) is 6.54. The highest BCUT2D eigenvalue weighted by Crippen LogP contribution is 2.54. The summed E-state index contributed by atoms with van der Waals surface area (Å²) in [5.41, 5.74) is 1.35. The van der Waals surface area contributed by atoms with Crippen molar-refractivity contribution in [2.24, 2.45) is 5.92 Å². The summed E-state index contributed by atoms with van der Waals surface area (Å²) in [5, 5.41) is 0. The van der Waals surface area contributed by atoms with Crippen LogP contribution in [0.5, 0.6) is 0 Å². The van der Waals surface area contributed by atoms with Crippen LogP contribution in [0.1, 0.15) is 42.1 Å².